The molecule has 0 aromatic rings. The summed E-state index contributed by atoms with van der Waals surface area (Å²) in [5.41, 5.74) is 2.68. The van der Waals surface area contributed by atoms with Crippen LogP contribution in [0.4, 0.5) is 4.79 Å². The second-order valence-corrected chi connectivity index (χ2v) is 19.7. The van der Waals surface area contributed by atoms with Gasteiger partial charge in [-0.15, -0.1) is 0 Å². The molecule has 4 nitrogen and oxygen atoms in total. The van der Waals surface area contributed by atoms with Gasteiger partial charge < -0.3 is 4.74 Å². The number of Topliss-reactive ketones (excluding diaryl/α,β-unsaturated/α-hetero) is 1. The molecule has 1 aliphatic rings. The van der Waals surface area contributed by atoms with Gasteiger partial charge in [-0.25, -0.2) is 4.79 Å². The van der Waals surface area contributed by atoms with Gasteiger partial charge in [0.2, 0.25) is 0 Å². The van der Waals surface area contributed by atoms with Gasteiger partial charge in [-0.3, -0.25) is 9.69 Å². The number of ether oxygens (including phenoxy) is 1. The molecule has 0 fully saturated rings. The van der Waals surface area contributed by atoms with Gasteiger partial charge in [-0.1, -0.05) is 51.1 Å². The van der Waals surface area contributed by atoms with Crippen LogP contribution < -0.4 is 0 Å². The topological polar surface area (TPSA) is 46.6 Å². The Morgan fingerprint density at radius 2 is 1.62 bits per heavy atom. The molecular weight excluding hydrogens is 334 g/mol. The van der Waals surface area contributed by atoms with E-state index in [1.807, 2.05) is 20.8 Å². The smallest absolute Gasteiger partial charge is 0.411 e. The molecule has 0 saturated heterocycles. The van der Waals surface area contributed by atoms with Crippen LogP contribution in [0.15, 0.2) is 22.5 Å². The average Bonchev–Trinajstić information content (AvgIpc) is 2.30. The van der Waals surface area contributed by atoms with Crippen molar-refractivity contribution < 1.29 is 14.3 Å². The minimum absolute atomic E-state index is 0.0708. The van der Waals surface area contributed by atoms with Crippen LogP contribution in [0, 0.1) is 0 Å². The largest absolute Gasteiger partial charge is 0.444 e. The van der Waals surface area contributed by atoms with Crippen molar-refractivity contribution in [3.05, 3.63) is 22.5 Å². The molecule has 24 heavy (non-hydrogen) atoms. The summed E-state index contributed by atoms with van der Waals surface area (Å²) in [5.74, 6) is 0.0708. The molecule has 0 N–H and O–H groups in total. The molecule has 0 saturated carbocycles. The number of carbonyl (C=O) groups is 2. The summed E-state index contributed by atoms with van der Waals surface area (Å²) in [6.07, 6.45) is 1.68. The van der Waals surface area contributed by atoms with E-state index in [-0.39, 0.29) is 12.3 Å². The summed E-state index contributed by atoms with van der Waals surface area (Å²) in [6.45, 7) is 19.4. The number of hydrogen-bond acceptors (Lipinski definition) is 3. The van der Waals surface area contributed by atoms with Crippen LogP contribution in [0.25, 0.3) is 0 Å². The molecule has 6 heteroatoms. The lowest BCUT2D eigenvalue weighted by Crippen LogP contribution is -2.48. The standard InChI is InChI=1S/C18H33NO3Si2/c1-18(2,3)22-17(21)19-12-14(10-11-23(4,5)6)16(15(20)13-19)24(7,8)9/h10-11H,12-13H2,1-9H3/b11-10+. The van der Waals surface area contributed by atoms with E-state index in [4.69, 9.17) is 4.74 Å². The van der Waals surface area contributed by atoms with Crippen molar-refractivity contribution in [2.24, 2.45) is 0 Å². The first-order chi connectivity index (χ1) is 10.6. The third-order valence-corrected chi connectivity index (χ3v) is 6.75. The Labute approximate surface area is 149 Å². The van der Waals surface area contributed by atoms with Crippen LogP contribution in [-0.4, -0.2) is 51.6 Å². The van der Waals surface area contributed by atoms with E-state index >= 15 is 0 Å². The fourth-order valence-corrected chi connectivity index (χ4v) is 5.36. The molecule has 136 valence electrons. The van der Waals surface area contributed by atoms with E-state index in [2.05, 4.69) is 51.1 Å². The van der Waals surface area contributed by atoms with Gasteiger partial charge in [0.1, 0.15) is 5.60 Å². The second-order valence-electron chi connectivity index (χ2n) is 9.61. The Hall–Kier alpha value is -1.15. The summed E-state index contributed by atoms with van der Waals surface area (Å²) in [7, 11) is -3.16. The molecule has 1 heterocycles. The van der Waals surface area contributed by atoms with Crippen molar-refractivity contribution in [3.63, 3.8) is 0 Å². The minimum Gasteiger partial charge on any atom is -0.444 e. The maximum atomic E-state index is 12.8. The van der Waals surface area contributed by atoms with Crippen LogP contribution in [0.1, 0.15) is 20.8 Å². The molecule has 0 bridgehead atoms. The zero-order valence-corrected chi connectivity index (χ0v) is 18.7. The highest BCUT2D eigenvalue weighted by Gasteiger charge is 2.36. The van der Waals surface area contributed by atoms with Crippen LogP contribution in [0.3, 0.4) is 0 Å². The average molecular weight is 368 g/mol. The molecule has 1 rings (SSSR count). The Balaban J connectivity index is 3.21. The Morgan fingerprint density at radius 1 is 1.08 bits per heavy atom. The van der Waals surface area contributed by atoms with Crippen LogP contribution in [0.5, 0.6) is 0 Å². The fraction of sp³-hybridized carbons (Fsp3) is 0.667. The van der Waals surface area contributed by atoms with Gasteiger partial charge in [0.15, 0.2) is 5.78 Å². The highest BCUT2D eigenvalue weighted by molar-refractivity contribution is 6.87. The van der Waals surface area contributed by atoms with Crippen molar-refractivity contribution in [2.45, 2.75) is 65.7 Å². The Morgan fingerprint density at radius 3 is 2.04 bits per heavy atom. The van der Waals surface area contributed by atoms with Gasteiger partial charge in [0.25, 0.3) is 0 Å². The van der Waals surface area contributed by atoms with E-state index in [0.29, 0.717) is 6.54 Å². The zero-order valence-electron chi connectivity index (χ0n) is 16.7. The van der Waals surface area contributed by atoms with Crippen LogP contribution >= 0.6 is 0 Å². The fourth-order valence-electron chi connectivity index (χ4n) is 2.61. The van der Waals surface area contributed by atoms with Crippen molar-refractivity contribution in [3.8, 4) is 0 Å². The maximum absolute atomic E-state index is 12.8. The summed E-state index contributed by atoms with van der Waals surface area (Å²) in [4.78, 5) is 26.7. The lowest BCUT2D eigenvalue weighted by atomic mass is 10.1. The lowest BCUT2D eigenvalue weighted by molar-refractivity contribution is -0.116. The van der Waals surface area contributed by atoms with Crippen molar-refractivity contribution in [1.29, 1.82) is 0 Å². The first-order valence-electron chi connectivity index (χ1n) is 8.54. The number of ketones is 1. The monoisotopic (exact) mass is 367 g/mol. The number of carbonyl (C=O) groups excluding carboxylic acids is 2. The Bertz CT molecular complexity index is 573. The minimum atomic E-state index is -1.77. The zero-order chi connectivity index (χ0) is 18.9. The molecule has 0 radical (unpaired) electrons. The molecule has 0 spiro atoms. The predicted molar refractivity (Wildman–Crippen MR) is 106 cm³/mol. The van der Waals surface area contributed by atoms with Crippen molar-refractivity contribution in [2.75, 3.05) is 13.1 Å². The third kappa shape index (κ3) is 6.39. The Kier molecular flexibility index (Phi) is 6.09. The number of hydrogen-bond donors (Lipinski definition) is 0. The third-order valence-electron chi connectivity index (χ3n) is 3.48. The molecule has 0 atom stereocenters. The van der Waals surface area contributed by atoms with Gasteiger partial charge in [-0.05, 0) is 31.5 Å². The van der Waals surface area contributed by atoms with Gasteiger partial charge >= 0.3 is 6.09 Å². The first kappa shape index (κ1) is 20.9. The van der Waals surface area contributed by atoms with Crippen LogP contribution in [-0.2, 0) is 9.53 Å². The van der Waals surface area contributed by atoms with E-state index in [1.165, 1.54) is 4.90 Å². The van der Waals surface area contributed by atoms with Gasteiger partial charge in [0.05, 0.1) is 22.7 Å². The van der Waals surface area contributed by atoms with Crippen molar-refractivity contribution >= 4 is 28.0 Å². The van der Waals surface area contributed by atoms with E-state index in [1.54, 1.807) is 0 Å². The molecule has 0 unspecified atom stereocenters. The van der Waals surface area contributed by atoms with E-state index in [9.17, 15) is 9.59 Å². The molecule has 0 aromatic heterocycles. The number of amides is 1. The maximum Gasteiger partial charge on any atom is 0.411 e. The molecule has 0 aromatic carbocycles. The summed E-state index contributed by atoms with van der Waals surface area (Å²) < 4.78 is 5.45. The molecule has 1 aliphatic heterocycles. The highest BCUT2D eigenvalue weighted by atomic mass is 28.3. The molecular formula is C18H33NO3Si2. The number of nitrogens with zero attached hydrogens (tertiary/aromatic N) is 1. The van der Waals surface area contributed by atoms with Gasteiger partial charge in [0, 0.05) is 6.54 Å². The van der Waals surface area contributed by atoms with E-state index < -0.39 is 27.8 Å². The normalized spacial score (nSPS) is 17.7. The predicted octanol–water partition coefficient (Wildman–Crippen LogP) is 4.41. The second kappa shape index (κ2) is 7.00. The highest BCUT2D eigenvalue weighted by Crippen LogP contribution is 2.27. The quantitative estimate of drug-likeness (QED) is 0.694. The first-order valence-corrected chi connectivity index (χ1v) is 15.6. The van der Waals surface area contributed by atoms with E-state index in [0.717, 1.165) is 10.8 Å². The summed E-state index contributed by atoms with van der Waals surface area (Å²) >= 11 is 0. The molecule has 0 aliphatic carbocycles. The summed E-state index contributed by atoms with van der Waals surface area (Å²) in [6, 6.07) is 0. The lowest BCUT2D eigenvalue weighted by Gasteiger charge is -2.34. The summed E-state index contributed by atoms with van der Waals surface area (Å²) in [5, 5.41) is 0.969. The number of rotatable bonds is 3. The van der Waals surface area contributed by atoms with Crippen molar-refractivity contribution in [1.82, 2.24) is 4.90 Å². The van der Waals surface area contributed by atoms with Crippen LogP contribution in [0.2, 0.25) is 39.3 Å². The molecule has 1 amide bonds. The van der Waals surface area contributed by atoms with Gasteiger partial charge in [-0.2, -0.15) is 0 Å². The SMILES string of the molecule is CC(C)(C)OC(=O)N1CC(=O)C([Si](C)(C)C)=C(/C=C/[Si](C)(C)C)C1.